The molecule has 0 atom stereocenters. The second-order valence-corrected chi connectivity index (χ2v) is 9.60. The number of carbonyl (C=O) groups is 2. The van der Waals surface area contributed by atoms with E-state index in [1.165, 1.54) is 109 Å². The molecule has 0 radical (unpaired) electrons. The molecule has 0 aliphatic carbocycles. The van der Waals surface area contributed by atoms with Crippen LogP contribution in [0.25, 0.3) is 0 Å². The van der Waals surface area contributed by atoms with Crippen molar-refractivity contribution in [1.29, 1.82) is 0 Å². The van der Waals surface area contributed by atoms with Gasteiger partial charge in [-0.3, -0.25) is 4.79 Å². The monoisotopic (exact) mass is 655 g/mol. The summed E-state index contributed by atoms with van der Waals surface area (Å²) in [4.78, 5) is 21.1. The van der Waals surface area contributed by atoms with Gasteiger partial charge in [0.15, 0.2) is 0 Å². The van der Waals surface area contributed by atoms with E-state index in [4.69, 9.17) is 7.79 Å². The largest absolute Gasteiger partial charge is 0 e. The standard InChI is InChI=1S/C14H28O2.C12H24O2.2Cd/c1-2-3-4-5-6-7-8-9-10-11-12-13-14(15)16;1-2-3-4-5-6-7-8-9-10-11-12(13)14;;/h2-13H2,1H3,(H,15,16);2-11H2,1H3,(H,13,14);;/q;;;+1/p-1. The van der Waals surface area contributed by atoms with Crippen LogP contribution >= 0.6 is 0 Å². The Morgan fingerprint density at radius 3 is 1.12 bits per heavy atom. The molecule has 0 rings (SSSR count). The van der Waals surface area contributed by atoms with E-state index in [2.05, 4.69) is 13.8 Å². The van der Waals surface area contributed by atoms with Gasteiger partial charge in [0.05, 0.1) is 0 Å². The van der Waals surface area contributed by atoms with E-state index in [0.717, 1.165) is 19.3 Å². The van der Waals surface area contributed by atoms with Gasteiger partial charge < -0.3 is 5.11 Å². The topological polar surface area (TPSA) is 63.6 Å². The number of unbranched alkanes of at least 4 members (excludes halogenated alkanes) is 18. The Hall–Kier alpha value is 0.784. The Morgan fingerprint density at radius 1 is 0.562 bits per heavy atom. The Bertz CT molecular complexity index is 379. The van der Waals surface area contributed by atoms with Crippen molar-refractivity contribution < 1.29 is 70.9 Å². The zero-order valence-electron chi connectivity index (χ0n) is 21.6. The average molecular weight is 653 g/mol. The predicted molar refractivity (Wildman–Crippen MR) is 127 cm³/mol. The van der Waals surface area contributed by atoms with Gasteiger partial charge in [0.1, 0.15) is 0 Å². The van der Waals surface area contributed by atoms with Crippen LogP contribution in [-0.4, -0.2) is 17.0 Å². The molecule has 0 aliphatic rings. The van der Waals surface area contributed by atoms with Gasteiger partial charge in [0.25, 0.3) is 0 Å². The fourth-order valence-electron chi connectivity index (χ4n) is 3.59. The molecule has 0 unspecified atom stereocenters. The van der Waals surface area contributed by atoms with Crippen molar-refractivity contribution in [2.45, 2.75) is 155 Å². The van der Waals surface area contributed by atoms with Crippen molar-refractivity contribution in [2.75, 3.05) is 0 Å². The van der Waals surface area contributed by atoms with Gasteiger partial charge in [-0.15, -0.1) is 0 Å². The van der Waals surface area contributed by atoms with E-state index in [1.54, 1.807) is 0 Å². The number of rotatable bonds is 22. The van der Waals surface area contributed by atoms with E-state index >= 15 is 0 Å². The first kappa shape index (κ1) is 37.3. The Labute approximate surface area is 236 Å². The van der Waals surface area contributed by atoms with E-state index in [0.29, 0.717) is 39.1 Å². The van der Waals surface area contributed by atoms with E-state index in [9.17, 15) is 9.59 Å². The Kier molecular flexibility index (Phi) is 39.6. The molecule has 0 heterocycles. The zero-order valence-corrected chi connectivity index (χ0v) is 29.7. The second kappa shape index (κ2) is 34.0. The minimum absolute atomic E-state index is 0. The molecule has 0 amide bonds. The summed E-state index contributed by atoms with van der Waals surface area (Å²) < 4.78 is 4.77. The minimum atomic E-state index is -0.659. The van der Waals surface area contributed by atoms with Crippen molar-refractivity contribution in [3.8, 4) is 0 Å². The maximum Gasteiger partial charge on any atom is 0 e. The van der Waals surface area contributed by atoms with E-state index in [1.807, 2.05) is 0 Å². The van der Waals surface area contributed by atoms with Crippen LogP contribution in [0.2, 0.25) is 0 Å². The molecule has 0 aromatic rings. The van der Waals surface area contributed by atoms with Gasteiger partial charge in [-0.1, -0.05) is 78.1 Å². The van der Waals surface area contributed by atoms with Crippen molar-refractivity contribution in [3.63, 3.8) is 0 Å². The summed E-state index contributed by atoms with van der Waals surface area (Å²) >= 11 is 0.339. The van der Waals surface area contributed by atoms with Crippen LogP contribution in [0.4, 0.5) is 0 Å². The minimum Gasteiger partial charge on any atom is 0 e. The van der Waals surface area contributed by atoms with Gasteiger partial charge in [0, 0.05) is 33.7 Å². The van der Waals surface area contributed by atoms with E-state index in [-0.39, 0.29) is 33.3 Å². The molecule has 0 spiro atoms. The van der Waals surface area contributed by atoms with Crippen LogP contribution in [0.5, 0.6) is 0 Å². The van der Waals surface area contributed by atoms with E-state index < -0.39 is 5.97 Å². The Balaban J connectivity index is -0.000000519. The van der Waals surface area contributed by atoms with Crippen LogP contribution in [0.15, 0.2) is 0 Å². The molecule has 0 fully saturated rings. The van der Waals surface area contributed by atoms with Crippen molar-refractivity contribution in [3.05, 3.63) is 0 Å². The van der Waals surface area contributed by atoms with Crippen molar-refractivity contribution in [1.82, 2.24) is 0 Å². The SMILES string of the molecule is CCCCCCCCCCCC(=O)O.CCCCCCCCCCCCCC(=O)[O][Cd].[Cd]. The molecule has 4 nitrogen and oxygen atoms in total. The summed E-state index contributed by atoms with van der Waals surface area (Å²) in [6.45, 7) is 4.49. The molecule has 0 aromatic carbocycles. The molecule has 0 saturated carbocycles. The summed E-state index contributed by atoms with van der Waals surface area (Å²) in [6, 6.07) is 0. The summed E-state index contributed by atoms with van der Waals surface area (Å²) in [5, 5.41) is 8.41. The van der Waals surface area contributed by atoms with Gasteiger partial charge in [-0.2, -0.15) is 0 Å². The van der Waals surface area contributed by atoms with Crippen molar-refractivity contribution >= 4 is 11.9 Å². The summed E-state index contributed by atoms with van der Waals surface area (Å²) in [5.74, 6) is -0.652. The van der Waals surface area contributed by atoms with Crippen LogP contribution in [0.3, 0.4) is 0 Å². The smallest absolute Gasteiger partial charge is 0 e. The molecule has 0 saturated heterocycles. The van der Waals surface area contributed by atoms with Crippen molar-refractivity contribution in [2.24, 2.45) is 0 Å². The number of carboxylic acid groups (broad SMARTS) is 1. The number of hydrogen-bond acceptors (Lipinski definition) is 3. The maximum atomic E-state index is 10.9. The van der Waals surface area contributed by atoms with Gasteiger partial charge in [0.2, 0.25) is 0 Å². The molecule has 0 bridgehead atoms. The third-order valence-electron chi connectivity index (χ3n) is 5.64. The number of carbonyl (C=O) groups excluding carboxylic acids is 1. The average Bonchev–Trinajstić information content (AvgIpc) is 2.76. The molecule has 1 N–H and O–H groups in total. The molecule has 0 aromatic heterocycles. The van der Waals surface area contributed by atoms with Crippen LogP contribution in [-0.2, 0) is 65.8 Å². The van der Waals surface area contributed by atoms with Crippen LogP contribution < -0.4 is 0 Å². The number of hydrogen-bond donors (Lipinski definition) is 1. The summed E-state index contributed by atoms with van der Waals surface area (Å²) in [7, 11) is 0. The maximum absolute atomic E-state index is 10.9. The zero-order chi connectivity index (χ0) is 23.4. The Morgan fingerprint density at radius 2 is 0.844 bits per heavy atom. The fourth-order valence-corrected chi connectivity index (χ4v) is 4.00. The predicted octanol–water partition coefficient (Wildman–Crippen LogP) is 8.68. The molecular formula is C26H51Cd2O4. The van der Waals surface area contributed by atoms with Gasteiger partial charge in [-0.25, -0.2) is 0 Å². The van der Waals surface area contributed by atoms with Crippen LogP contribution in [0.1, 0.15) is 155 Å². The second-order valence-electron chi connectivity index (χ2n) is 8.77. The molecule has 32 heavy (non-hydrogen) atoms. The first-order valence-electron chi connectivity index (χ1n) is 13.2. The molecule has 0 aliphatic heterocycles. The first-order chi connectivity index (χ1) is 15.1. The third kappa shape index (κ3) is 38.1. The summed E-state index contributed by atoms with van der Waals surface area (Å²) in [6.07, 6.45) is 26.7. The van der Waals surface area contributed by atoms with Gasteiger partial charge >= 0.3 is 110 Å². The van der Waals surface area contributed by atoms with Crippen LogP contribution in [0, 0.1) is 0 Å². The first-order valence-corrected chi connectivity index (χ1v) is 14.9. The number of carboxylic acids is 1. The third-order valence-corrected chi connectivity index (χ3v) is 6.56. The summed E-state index contributed by atoms with van der Waals surface area (Å²) in [5.41, 5.74) is 0. The molecule has 6 heteroatoms. The quantitative estimate of drug-likeness (QED) is 0.0940. The molecular weight excluding hydrogens is 601 g/mol. The fraction of sp³-hybridized carbons (Fsp3) is 0.923. The number of aliphatic carboxylic acids is 1. The van der Waals surface area contributed by atoms with Gasteiger partial charge in [-0.05, 0) is 6.42 Å². The normalized spacial score (nSPS) is 10.1. The molecule has 183 valence electrons.